The summed E-state index contributed by atoms with van der Waals surface area (Å²) >= 11 is 0. The molecule has 42 heavy (non-hydrogen) atoms. The second-order valence-corrected chi connectivity index (χ2v) is 10.1. The van der Waals surface area contributed by atoms with Crippen molar-refractivity contribution >= 4 is 44.9 Å². The molecule has 0 bridgehead atoms. The molecular formula is C40H36N2. The number of rotatable bonds is 4. The van der Waals surface area contributed by atoms with Gasteiger partial charge in [0.2, 0.25) is 0 Å². The number of hydrogen-bond acceptors (Lipinski definition) is 1. The summed E-state index contributed by atoms with van der Waals surface area (Å²) in [6, 6.07) is 54.3. The molecule has 0 aliphatic heterocycles. The molecule has 0 saturated heterocycles. The van der Waals surface area contributed by atoms with Crippen LogP contribution >= 0.6 is 0 Å². The van der Waals surface area contributed by atoms with E-state index in [1.807, 2.05) is 48.5 Å². The SMILES string of the molecule is C=Cc1ccccc1.Cc1cccc2c1[nH]c1ccccc12.Cc1ccccc1N(c1ccccc1)c1ccccc1. The van der Waals surface area contributed by atoms with E-state index in [-0.39, 0.29) is 0 Å². The molecule has 2 heteroatoms. The second kappa shape index (κ2) is 13.8. The quantitative estimate of drug-likeness (QED) is 0.233. The molecule has 0 fully saturated rings. The smallest absolute Gasteiger partial charge is 0.0494 e. The summed E-state index contributed by atoms with van der Waals surface area (Å²) in [5.41, 5.74) is 9.78. The van der Waals surface area contributed by atoms with Gasteiger partial charge >= 0.3 is 0 Å². The van der Waals surface area contributed by atoms with Crippen LogP contribution in [0.15, 0.2) is 164 Å². The number of H-pyrrole nitrogens is 1. The van der Waals surface area contributed by atoms with Crippen molar-refractivity contribution in [2.45, 2.75) is 13.8 Å². The van der Waals surface area contributed by atoms with E-state index in [1.54, 1.807) is 0 Å². The van der Waals surface area contributed by atoms with E-state index in [2.05, 4.69) is 146 Å². The molecule has 2 nitrogen and oxygen atoms in total. The van der Waals surface area contributed by atoms with Crippen LogP contribution in [0, 0.1) is 13.8 Å². The highest BCUT2D eigenvalue weighted by Crippen LogP contribution is 2.35. The van der Waals surface area contributed by atoms with E-state index in [4.69, 9.17) is 0 Å². The van der Waals surface area contributed by atoms with Crippen molar-refractivity contribution in [3.8, 4) is 0 Å². The molecule has 1 heterocycles. The molecule has 206 valence electrons. The Morgan fingerprint density at radius 1 is 0.500 bits per heavy atom. The lowest BCUT2D eigenvalue weighted by atomic mass is 10.1. The Labute approximate surface area is 249 Å². The molecule has 0 unspecified atom stereocenters. The van der Waals surface area contributed by atoms with Crippen LogP contribution in [-0.4, -0.2) is 4.98 Å². The first kappa shape index (κ1) is 28.2. The number of aromatic amines is 1. The zero-order chi connectivity index (χ0) is 29.1. The standard InChI is InChI=1S/C19H17N.C13H11N.C8H8/c1-16-10-8-9-15-19(16)20(17-11-4-2-5-12-17)18-13-6-3-7-14-18;1-9-5-4-7-11-10-6-2-3-8-12(10)14-13(9)11;1-2-8-6-4-3-5-7-8/h2-15H,1H3;2-8,14H,1H3;2-7H,1H2. The lowest BCUT2D eigenvalue weighted by molar-refractivity contribution is 1.25. The van der Waals surface area contributed by atoms with Crippen molar-refractivity contribution in [2.24, 2.45) is 0 Å². The molecule has 0 amide bonds. The van der Waals surface area contributed by atoms with E-state index in [9.17, 15) is 0 Å². The first-order valence-corrected chi connectivity index (χ1v) is 14.2. The van der Waals surface area contributed by atoms with Gasteiger partial charge in [-0.1, -0.05) is 134 Å². The Hall–Kier alpha value is -5.34. The third-order valence-electron chi connectivity index (χ3n) is 7.17. The number of nitrogens with one attached hydrogen (secondary N) is 1. The maximum absolute atomic E-state index is 3.63. The molecule has 0 aliphatic carbocycles. The number of hydrogen-bond donors (Lipinski definition) is 1. The summed E-state index contributed by atoms with van der Waals surface area (Å²) in [7, 11) is 0. The number of fused-ring (bicyclic) bond motifs is 3. The lowest BCUT2D eigenvalue weighted by Crippen LogP contribution is -2.10. The molecule has 0 spiro atoms. The normalized spacial score (nSPS) is 10.2. The van der Waals surface area contributed by atoms with Crippen molar-refractivity contribution in [1.29, 1.82) is 0 Å². The zero-order valence-electron chi connectivity index (χ0n) is 24.2. The van der Waals surface area contributed by atoms with Gasteiger partial charge in [-0.2, -0.15) is 0 Å². The summed E-state index contributed by atoms with van der Waals surface area (Å²) in [4.78, 5) is 5.73. The Balaban J connectivity index is 0.000000139. The van der Waals surface area contributed by atoms with Gasteiger partial charge < -0.3 is 9.88 Å². The average molecular weight is 545 g/mol. The van der Waals surface area contributed by atoms with E-state index >= 15 is 0 Å². The third-order valence-corrected chi connectivity index (χ3v) is 7.17. The van der Waals surface area contributed by atoms with Crippen molar-refractivity contribution in [1.82, 2.24) is 4.98 Å². The van der Waals surface area contributed by atoms with Gasteiger partial charge in [-0.15, -0.1) is 0 Å². The van der Waals surface area contributed by atoms with E-state index in [0.717, 1.165) is 0 Å². The molecule has 7 aromatic rings. The maximum atomic E-state index is 3.63. The van der Waals surface area contributed by atoms with Crippen molar-refractivity contribution in [3.63, 3.8) is 0 Å². The maximum Gasteiger partial charge on any atom is 0.0494 e. The fourth-order valence-electron chi connectivity index (χ4n) is 5.00. The summed E-state index contributed by atoms with van der Waals surface area (Å²) in [6.07, 6.45) is 1.83. The molecule has 1 aromatic heterocycles. The van der Waals surface area contributed by atoms with Crippen LogP contribution in [0.5, 0.6) is 0 Å². The van der Waals surface area contributed by atoms with E-state index < -0.39 is 0 Å². The summed E-state index contributed by atoms with van der Waals surface area (Å²) in [5.74, 6) is 0. The first-order chi connectivity index (χ1) is 20.7. The third kappa shape index (κ3) is 6.68. The molecule has 0 radical (unpaired) electrons. The Kier molecular flexibility index (Phi) is 9.28. The van der Waals surface area contributed by atoms with Crippen LogP contribution in [0.3, 0.4) is 0 Å². The number of aromatic nitrogens is 1. The highest BCUT2D eigenvalue weighted by Gasteiger charge is 2.13. The highest BCUT2D eigenvalue weighted by molar-refractivity contribution is 6.08. The monoisotopic (exact) mass is 544 g/mol. The number of nitrogens with zero attached hydrogens (tertiary/aromatic N) is 1. The zero-order valence-corrected chi connectivity index (χ0v) is 24.2. The van der Waals surface area contributed by atoms with Crippen LogP contribution < -0.4 is 4.90 Å². The number of aryl methyl sites for hydroxylation is 2. The molecule has 0 saturated carbocycles. The van der Waals surface area contributed by atoms with Crippen molar-refractivity contribution < 1.29 is 0 Å². The Morgan fingerprint density at radius 3 is 1.60 bits per heavy atom. The van der Waals surface area contributed by atoms with Crippen LogP contribution in [-0.2, 0) is 0 Å². The van der Waals surface area contributed by atoms with Gasteiger partial charge in [-0.05, 0) is 66.9 Å². The summed E-state index contributed by atoms with van der Waals surface area (Å²) in [5, 5.41) is 2.63. The Morgan fingerprint density at radius 2 is 1.00 bits per heavy atom. The Bertz CT molecular complexity index is 1810. The van der Waals surface area contributed by atoms with Crippen molar-refractivity contribution in [3.05, 3.63) is 181 Å². The largest absolute Gasteiger partial charge is 0.354 e. The van der Waals surface area contributed by atoms with E-state index in [0.29, 0.717) is 0 Å². The minimum atomic E-state index is 1.17. The summed E-state index contributed by atoms with van der Waals surface area (Å²) < 4.78 is 0. The lowest BCUT2D eigenvalue weighted by Gasteiger charge is -2.26. The van der Waals surface area contributed by atoms with Gasteiger partial charge in [-0.25, -0.2) is 0 Å². The molecule has 0 aliphatic rings. The molecular weight excluding hydrogens is 508 g/mol. The van der Waals surface area contributed by atoms with Gasteiger partial charge in [-0.3, -0.25) is 0 Å². The minimum absolute atomic E-state index is 1.17. The predicted molar refractivity (Wildman–Crippen MR) is 183 cm³/mol. The average Bonchev–Trinajstić information content (AvgIpc) is 3.44. The summed E-state index contributed by atoms with van der Waals surface area (Å²) in [6.45, 7) is 7.91. The van der Waals surface area contributed by atoms with Crippen LogP contribution in [0.25, 0.3) is 27.9 Å². The van der Waals surface area contributed by atoms with Gasteiger partial charge in [0.05, 0.1) is 0 Å². The van der Waals surface area contributed by atoms with Crippen LogP contribution in [0.2, 0.25) is 0 Å². The number of para-hydroxylation sites is 5. The van der Waals surface area contributed by atoms with Crippen LogP contribution in [0.1, 0.15) is 16.7 Å². The molecule has 0 atom stereocenters. The first-order valence-electron chi connectivity index (χ1n) is 14.2. The topological polar surface area (TPSA) is 19.0 Å². The van der Waals surface area contributed by atoms with Gasteiger partial charge in [0.25, 0.3) is 0 Å². The second-order valence-electron chi connectivity index (χ2n) is 10.1. The molecule has 6 aromatic carbocycles. The fourth-order valence-corrected chi connectivity index (χ4v) is 5.00. The highest BCUT2D eigenvalue weighted by atomic mass is 15.1. The predicted octanol–water partition coefficient (Wildman–Crippen LogP) is 11.4. The van der Waals surface area contributed by atoms with Gasteiger partial charge in [0.15, 0.2) is 0 Å². The fraction of sp³-hybridized carbons (Fsp3) is 0.0500. The number of benzene rings is 6. The van der Waals surface area contributed by atoms with Crippen LogP contribution in [0.4, 0.5) is 17.1 Å². The van der Waals surface area contributed by atoms with Gasteiger partial charge in [0, 0.05) is 38.9 Å². The van der Waals surface area contributed by atoms with Gasteiger partial charge in [0.1, 0.15) is 0 Å². The molecule has 1 N–H and O–H groups in total. The minimum Gasteiger partial charge on any atom is -0.354 e. The number of anilines is 3. The van der Waals surface area contributed by atoms with Crippen molar-refractivity contribution in [2.75, 3.05) is 4.90 Å². The molecule has 7 rings (SSSR count). The van der Waals surface area contributed by atoms with E-state index in [1.165, 1.54) is 55.6 Å².